The van der Waals surface area contributed by atoms with Gasteiger partial charge in [0.2, 0.25) is 0 Å². The molecule has 4 rings (SSSR count). The first kappa shape index (κ1) is 13.8. The Balaban J connectivity index is 1.42. The lowest BCUT2D eigenvalue weighted by Gasteiger charge is -2.28. The minimum Gasteiger partial charge on any atom is -0.313 e. The van der Waals surface area contributed by atoms with Crippen LogP contribution in [0.5, 0.6) is 0 Å². The maximum Gasteiger partial charge on any atom is 0.0320 e. The van der Waals surface area contributed by atoms with Gasteiger partial charge in [0.1, 0.15) is 0 Å². The van der Waals surface area contributed by atoms with Crippen molar-refractivity contribution in [3.63, 3.8) is 0 Å². The first-order valence-corrected chi connectivity index (χ1v) is 9.10. The molecular weight excluding hydrogens is 254 g/mol. The first-order chi connectivity index (χ1) is 10.3. The highest BCUT2D eigenvalue weighted by atomic mass is 14.9. The van der Waals surface area contributed by atoms with Gasteiger partial charge in [-0.25, -0.2) is 0 Å². The molecule has 3 fully saturated rings. The minimum atomic E-state index is 0.560. The van der Waals surface area contributed by atoms with Gasteiger partial charge in [0.25, 0.3) is 0 Å². The number of fused-ring (bicyclic) bond motifs is 2. The summed E-state index contributed by atoms with van der Waals surface area (Å²) >= 11 is 0. The smallest absolute Gasteiger partial charge is 0.0320 e. The molecule has 114 valence electrons. The Hall–Kier alpha value is -0.820. The third-order valence-corrected chi connectivity index (χ3v) is 6.69. The van der Waals surface area contributed by atoms with Crippen LogP contribution in [-0.4, -0.2) is 7.05 Å². The second-order valence-corrected chi connectivity index (χ2v) is 7.81. The zero-order valence-corrected chi connectivity index (χ0v) is 13.4. The van der Waals surface area contributed by atoms with Crippen molar-refractivity contribution in [2.45, 2.75) is 63.3 Å². The van der Waals surface area contributed by atoms with E-state index in [0.717, 1.165) is 23.7 Å². The molecule has 1 aromatic carbocycles. The van der Waals surface area contributed by atoms with Gasteiger partial charge in [0.05, 0.1) is 0 Å². The summed E-state index contributed by atoms with van der Waals surface area (Å²) in [6, 6.07) is 10.1. The van der Waals surface area contributed by atoms with Crippen LogP contribution in [0.25, 0.3) is 0 Å². The second kappa shape index (κ2) is 5.76. The Kier molecular flexibility index (Phi) is 3.79. The molecule has 1 heteroatoms. The molecule has 1 aromatic rings. The molecule has 4 atom stereocenters. The normalized spacial score (nSPS) is 33.1. The van der Waals surface area contributed by atoms with E-state index in [-0.39, 0.29) is 0 Å². The molecule has 3 aliphatic carbocycles. The van der Waals surface area contributed by atoms with Crippen molar-refractivity contribution in [1.82, 2.24) is 5.32 Å². The van der Waals surface area contributed by atoms with Crippen molar-refractivity contribution < 1.29 is 0 Å². The predicted octanol–water partition coefficient (Wildman–Crippen LogP) is 5.04. The highest BCUT2D eigenvalue weighted by Gasteiger charge is 2.40. The number of hydrogen-bond acceptors (Lipinski definition) is 1. The summed E-state index contributed by atoms with van der Waals surface area (Å²) in [7, 11) is 2.14. The summed E-state index contributed by atoms with van der Waals surface area (Å²) in [5.41, 5.74) is 3.07. The zero-order valence-electron chi connectivity index (χ0n) is 13.4. The second-order valence-electron chi connectivity index (χ2n) is 7.81. The highest BCUT2D eigenvalue weighted by Crippen LogP contribution is 2.51. The van der Waals surface area contributed by atoms with Crippen LogP contribution in [0.3, 0.4) is 0 Å². The third kappa shape index (κ3) is 2.65. The molecule has 1 N–H and O–H groups in total. The summed E-state index contributed by atoms with van der Waals surface area (Å²) in [6.45, 7) is 0. The van der Waals surface area contributed by atoms with Crippen LogP contribution in [0, 0.1) is 17.8 Å². The van der Waals surface area contributed by atoms with Crippen molar-refractivity contribution in [3.8, 4) is 0 Å². The van der Waals surface area contributed by atoms with Crippen molar-refractivity contribution in [1.29, 1.82) is 0 Å². The molecule has 3 aliphatic rings. The monoisotopic (exact) mass is 283 g/mol. The van der Waals surface area contributed by atoms with Crippen molar-refractivity contribution in [2.75, 3.05) is 7.05 Å². The molecule has 0 heterocycles. The maximum atomic E-state index is 3.58. The number of nitrogens with one attached hydrogen (secondary N) is 1. The van der Waals surface area contributed by atoms with Crippen LogP contribution in [0.4, 0.5) is 0 Å². The van der Waals surface area contributed by atoms with E-state index in [1.807, 2.05) is 0 Å². The lowest BCUT2D eigenvalue weighted by molar-refractivity contribution is 0.284. The molecule has 0 radical (unpaired) electrons. The topological polar surface area (TPSA) is 12.0 Å². The molecule has 2 bridgehead atoms. The standard InChI is InChI=1S/C20H29N/c1-21-20(13-19-12-14-5-6-18(19)11-14)17-9-7-16(8-10-17)15-3-2-4-15/h7-10,14-15,18-21H,2-6,11-13H2,1H3. The molecule has 4 unspecified atom stereocenters. The summed E-state index contributed by atoms with van der Waals surface area (Å²) in [5, 5.41) is 3.58. The van der Waals surface area contributed by atoms with Crippen molar-refractivity contribution in [2.24, 2.45) is 17.8 Å². The van der Waals surface area contributed by atoms with Gasteiger partial charge in [-0.3, -0.25) is 0 Å². The SMILES string of the molecule is CNC(CC1CC2CCC1C2)c1ccc(C2CCC2)cc1. The molecule has 0 amide bonds. The highest BCUT2D eigenvalue weighted by molar-refractivity contribution is 5.28. The summed E-state index contributed by atoms with van der Waals surface area (Å²) in [5.74, 6) is 3.95. The third-order valence-electron chi connectivity index (χ3n) is 6.69. The molecule has 3 saturated carbocycles. The number of rotatable bonds is 5. The lowest BCUT2D eigenvalue weighted by atomic mass is 9.79. The van der Waals surface area contributed by atoms with E-state index < -0.39 is 0 Å². The first-order valence-electron chi connectivity index (χ1n) is 9.10. The average molecular weight is 283 g/mol. The van der Waals surface area contributed by atoms with Crippen molar-refractivity contribution >= 4 is 0 Å². The Morgan fingerprint density at radius 2 is 1.86 bits per heavy atom. The fourth-order valence-corrected chi connectivity index (χ4v) is 5.13. The van der Waals surface area contributed by atoms with Gasteiger partial charge < -0.3 is 5.32 Å². The van der Waals surface area contributed by atoms with Gasteiger partial charge in [-0.2, -0.15) is 0 Å². The van der Waals surface area contributed by atoms with Gasteiger partial charge >= 0.3 is 0 Å². The van der Waals surface area contributed by atoms with Crippen LogP contribution in [0.15, 0.2) is 24.3 Å². The van der Waals surface area contributed by atoms with Gasteiger partial charge in [0, 0.05) is 6.04 Å². The number of benzene rings is 1. The summed E-state index contributed by atoms with van der Waals surface area (Å²) < 4.78 is 0. The van der Waals surface area contributed by atoms with Crippen LogP contribution < -0.4 is 5.32 Å². The van der Waals surface area contributed by atoms with E-state index in [9.17, 15) is 0 Å². The quantitative estimate of drug-likeness (QED) is 0.798. The Morgan fingerprint density at radius 1 is 1.05 bits per heavy atom. The largest absolute Gasteiger partial charge is 0.313 e. The lowest BCUT2D eigenvalue weighted by Crippen LogP contribution is -2.22. The van der Waals surface area contributed by atoms with Gasteiger partial charge in [-0.1, -0.05) is 37.1 Å². The fraction of sp³-hybridized carbons (Fsp3) is 0.700. The Morgan fingerprint density at radius 3 is 2.38 bits per heavy atom. The number of hydrogen-bond donors (Lipinski definition) is 1. The van der Waals surface area contributed by atoms with Crippen molar-refractivity contribution in [3.05, 3.63) is 35.4 Å². The molecule has 0 saturated heterocycles. The molecular formula is C20H29N. The van der Waals surface area contributed by atoms with E-state index in [2.05, 4.69) is 36.6 Å². The molecule has 0 spiro atoms. The zero-order chi connectivity index (χ0) is 14.2. The van der Waals surface area contributed by atoms with E-state index in [0.29, 0.717) is 6.04 Å². The molecule has 1 nitrogen and oxygen atoms in total. The van der Waals surface area contributed by atoms with Crippen LogP contribution >= 0.6 is 0 Å². The van der Waals surface area contributed by atoms with E-state index in [1.54, 1.807) is 5.56 Å². The Labute approximate surface area is 129 Å². The molecule has 0 aliphatic heterocycles. The van der Waals surface area contributed by atoms with Gasteiger partial charge in [0.15, 0.2) is 0 Å². The Bertz CT molecular complexity index is 473. The molecule has 21 heavy (non-hydrogen) atoms. The van der Waals surface area contributed by atoms with Gasteiger partial charge in [-0.05, 0) is 80.4 Å². The minimum absolute atomic E-state index is 0.560. The fourth-order valence-electron chi connectivity index (χ4n) is 5.13. The summed E-state index contributed by atoms with van der Waals surface area (Å²) in [6.07, 6.45) is 11.6. The molecule has 0 aromatic heterocycles. The van der Waals surface area contributed by atoms with Crippen LogP contribution in [0.2, 0.25) is 0 Å². The van der Waals surface area contributed by atoms with Crippen LogP contribution in [-0.2, 0) is 0 Å². The maximum absolute atomic E-state index is 3.58. The van der Waals surface area contributed by atoms with Crippen LogP contribution in [0.1, 0.15) is 74.5 Å². The average Bonchev–Trinajstić information content (AvgIpc) is 3.06. The predicted molar refractivity (Wildman–Crippen MR) is 88.4 cm³/mol. The summed E-state index contributed by atoms with van der Waals surface area (Å²) in [4.78, 5) is 0. The van der Waals surface area contributed by atoms with Gasteiger partial charge in [-0.15, -0.1) is 0 Å². The van der Waals surface area contributed by atoms with E-state index in [4.69, 9.17) is 0 Å². The van der Waals surface area contributed by atoms with E-state index in [1.165, 1.54) is 56.9 Å². The van der Waals surface area contributed by atoms with E-state index >= 15 is 0 Å².